The Morgan fingerprint density at radius 2 is 1.31 bits per heavy atom. The third-order valence-electron chi connectivity index (χ3n) is 5.82. The van der Waals surface area contributed by atoms with Crippen LogP contribution >= 0.6 is 0 Å². The minimum Gasteiger partial charge on any atom is -0.313 e. The highest BCUT2D eigenvalue weighted by molar-refractivity contribution is 5.37. The number of benzene rings is 2. The van der Waals surface area contributed by atoms with Crippen LogP contribution in [0.15, 0.2) is 48.5 Å². The van der Waals surface area contributed by atoms with Crippen molar-refractivity contribution in [1.29, 1.82) is 0 Å². The van der Waals surface area contributed by atoms with Gasteiger partial charge in [0, 0.05) is 12.0 Å². The summed E-state index contributed by atoms with van der Waals surface area (Å²) in [5.74, 6) is 0.470. The van der Waals surface area contributed by atoms with Crippen molar-refractivity contribution in [3.63, 3.8) is 0 Å². The summed E-state index contributed by atoms with van der Waals surface area (Å²) < 4.78 is 0. The van der Waals surface area contributed by atoms with Gasteiger partial charge in [-0.3, -0.25) is 0 Å². The molecular formula is C25H35N. The molecule has 1 saturated heterocycles. The zero-order valence-electron chi connectivity index (χ0n) is 16.6. The summed E-state index contributed by atoms with van der Waals surface area (Å²) in [7, 11) is 0. The maximum atomic E-state index is 3.75. The Bertz CT molecular complexity index is 583. The van der Waals surface area contributed by atoms with Gasteiger partial charge in [0.15, 0.2) is 0 Å². The normalized spacial score (nSPS) is 17.1. The van der Waals surface area contributed by atoms with Crippen LogP contribution in [0.2, 0.25) is 0 Å². The van der Waals surface area contributed by atoms with Gasteiger partial charge in [0.25, 0.3) is 0 Å². The Morgan fingerprint density at radius 3 is 1.69 bits per heavy atom. The van der Waals surface area contributed by atoms with E-state index in [9.17, 15) is 0 Å². The van der Waals surface area contributed by atoms with Crippen LogP contribution in [0.3, 0.4) is 0 Å². The van der Waals surface area contributed by atoms with Gasteiger partial charge in [0.2, 0.25) is 0 Å². The van der Waals surface area contributed by atoms with Gasteiger partial charge in [-0.05, 0) is 67.3 Å². The molecule has 1 N–H and O–H groups in total. The van der Waals surface area contributed by atoms with Crippen molar-refractivity contribution in [2.24, 2.45) is 0 Å². The average molecular weight is 350 g/mol. The van der Waals surface area contributed by atoms with Crippen LogP contribution in [0.1, 0.15) is 80.5 Å². The molecule has 1 aliphatic heterocycles. The molecular weight excluding hydrogens is 314 g/mol. The maximum absolute atomic E-state index is 3.75. The highest BCUT2D eigenvalue weighted by Crippen LogP contribution is 2.32. The summed E-state index contributed by atoms with van der Waals surface area (Å²) in [4.78, 5) is 0. The fraction of sp³-hybridized carbons (Fsp3) is 0.520. The van der Waals surface area contributed by atoms with E-state index in [2.05, 4.69) is 67.7 Å². The second kappa shape index (κ2) is 9.92. The zero-order valence-corrected chi connectivity index (χ0v) is 16.6. The molecule has 140 valence electrons. The summed E-state index contributed by atoms with van der Waals surface area (Å²) in [6.45, 7) is 5.69. The highest BCUT2D eigenvalue weighted by Gasteiger charge is 2.27. The van der Waals surface area contributed by atoms with E-state index in [1.165, 1.54) is 73.6 Å². The second-order valence-electron chi connectivity index (χ2n) is 7.87. The topological polar surface area (TPSA) is 12.0 Å². The molecule has 1 atom stereocenters. The third kappa shape index (κ3) is 4.98. The molecule has 0 spiro atoms. The second-order valence-corrected chi connectivity index (χ2v) is 7.87. The van der Waals surface area contributed by atoms with E-state index in [1.54, 1.807) is 0 Å². The van der Waals surface area contributed by atoms with Gasteiger partial charge in [-0.15, -0.1) is 0 Å². The lowest BCUT2D eigenvalue weighted by Crippen LogP contribution is -2.29. The molecule has 1 nitrogen and oxygen atoms in total. The van der Waals surface area contributed by atoms with Crippen molar-refractivity contribution < 1.29 is 0 Å². The van der Waals surface area contributed by atoms with Crippen molar-refractivity contribution in [3.8, 4) is 0 Å². The molecule has 1 heteroatoms. The molecule has 1 unspecified atom stereocenters. The first kappa shape index (κ1) is 19.2. The Kier molecular flexibility index (Phi) is 7.32. The lowest BCUT2D eigenvalue weighted by molar-refractivity contribution is 0.540. The molecule has 3 rings (SSSR count). The molecule has 1 aliphatic rings. The Hall–Kier alpha value is -1.60. The molecule has 0 aliphatic carbocycles. The molecule has 2 aromatic carbocycles. The first-order valence-corrected chi connectivity index (χ1v) is 10.7. The highest BCUT2D eigenvalue weighted by atomic mass is 14.9. The van der Waals surface area contributed by atoms with E-state index in [0.29, 0.717) is 12.0 Å². The lowest BCUT2D eigenvalue weighted by atomic mass is 9.83. The fourth-order valence-corrected chi connectivity index (χ4v) is 4.20. The van der Waals surface area contributed by atoms with Crippen LogP contribution in [0.5, 0.6) is 0 Å². The van der Waals surface area contributed by atoms with Crippen LogP contribution in [0, 0.1) is 0 Å². The fourth-order valence-electron chi connectivity index (χ4n) is 4.20. The number of hydrogen-bond acceptors (Lipinski definition) is 1. The molecule has 0 bridgehead atoms. The SMILES string of the molecule is CCCCc1ccc(C(c2ccc(CCCC)cc2)C2CCCN2)cc1. The van der Waals surface area contributed by atoms with E-state index >= 15 is 0 Å². The summed E-state index contributed by atoms with van der Waals surface area (Å²) in [6, 6.07) is 19.5. The molecule has 0 radical (unpaired) electrons. The van der Waals surface area contributed by atoms with Crippen LogP contribution in [0.25, 0.3) is 0 Å². The summed E-state index contributed by atoms with van der Waals surface area (Å²) >= 11 is 0. The van der Waals surface area contributed by atoms with Crippen LogP contribution in [-0.2, 0) is 12.8 Å². The van der Waals surface area contributed by atoms with Gasteiger partial charge in [-0.1, -0.05) is 75.2 Å². The molecule has 0 aromatic heterocycles. The van der Waals surface area contributed by atoms with E-state index in [-0.39, 0.29) is 0 Å². The molecule has 1 fully saturated rings. The average Bonchev–Trinajstić information content (AvgIpc) is 3.21. The van der Waals surface area contributed by atoms with Gasteiger partial charge in [0.1, 0.15) is 0 Å². The number of hydrogen-bond donors (Lipinski definition) is 1. The van der Waals surface area contributed by atoms with Crippen LogP contribution < -0.4 is 5.32 Å². The molecule has 26 heavy (non-hydrogen) atoms. The van der Waals surface area contributed by atoms with Crippen LogP contribution in [0.4, 0.5) is 0 Å². The number of nitrogens with one attached hydrogen (secondary N) is 1. The summed E-state index contributed by atoms with van der Waals surface area (Å²) in [5.41, 5.74) is 5.88. The predicted octanol–water partition coefficient (Wildman–Crippen LogP) is 6.26. The number of rotatable bonds is 9. The van der Waals surface area contributed by atoms with E-state index < -0.39 is 0 Å². The Morgan fingerprint density at radius 1 is 0.808 bits per heavy atom. The van der Waals surface area contributed by atoms with Gasteiger partial charge in [0.05, 0.1) is 0 Å². The van der Waals surface area contributed by atoms with Crippen molar-refractivity contribution in [3.05, 3.63) is 70.8 Å². The minimum absolute atomic E-state index is 0.470. The first-order chi connectivity index (χ1) is 12.8. The van der Waals surface area contributed by atoms with E-state index in [1.807, 2.05) is 0 Å². The van der Waals surface area contributed by atoms with E-state index in [4.69, 9.17) is 0 Å². The Labute approximate surface area is 160 Å². The number of unbranched alkanes of at least 4 members (excludes halogenated alkanes) is 2. The lowest BCUT2D eigenvalue weighted by Gasteiger charge is -2.25. The summed E-state index contributed by atoms with van der Waals surface area (Å²) in [5, 5.41) is 3.75. The van der Waals surface area contributed by atoms with Gasteiger partial charge >= 0.3 is 0 Å². The third-order valence-corrected chi connectivity index (χ3v) is 5.82. The van der Waals surface area contributed by atoms with Gasteiger partial charge < -0.3 is 5.32 Å². The minimum atomic E-state index is 0.470. The quantitative estimate of drug-likeness (QED) is 0.564. The summed E-state index contributed by atoms with van der Waals surface area (Å²) in [6.07, 6.45) is 10.1. The maximum Gasteiger partial charge on any atom is 0.0243 e. The van der Waals surface area contributed by atoms with Crippen molar-refractivity contribution in [2.75, 3.05) is 6.54 Å². The molecule has 2 aromatic rings. The standard InChI is InChI=1S/C25H35N/c1-3-5-8-20-11-15-22(16-12-20)25(24-10-7-19-26-24)23-17-13-21(14-18-23)9-6-4-2/h11-18,24-26H,3-10,19H2,1-2H3. The van der Waals surface area contributed by atoms with Gasteiger partial charge in [-0.25, -0.2) is 0 Å². The smallest absolute Gasteiger partial charge is 0.0243 e. The zero-order chi connectivity index (χ0) is 18.2. The Balaban J connectivity index is 1.81. The van der Waals surface area contributed by atoms with Crippen molar-refractivity contribution in [1.82, 2.24) is 5.32 Å². The van der Waals surface area contributed by atoms with Crippen molar-refractivity contribution >= 4 is 0 Å². The largest absolute Gasteiger partial charge is 0.313 e. The molecule has 0 amide bonds. The van der Waals surface area contributed by atoms with Gasteiger partial charge in [-0.2, -0.15) is 0 Å². The first-order valence-electron chi connectivity index (χ1n) is 10.7. The monoisotopic (exact) mass is 349 g/mol. The van der Waals surface area contributed by atoms with Crippen molar-refractivity contribution in [2.45, 2.75) is 77.2 Å². The van der Waals surface area contributed by atoms with Crippen LogP contribution in [-0.4, -0.2) is 12.6 Å². The number of aryl methyl sites for hydroxylation is 2. The molecule has 0 saturated carbocycles. The molecule has 1 heterocycles. The van der Waals surface area contributed by atoms with E-state index in [0.717, 1.165) is 6.54 Å². The predicted molar refractivity (Wildman–Crippen MR) is 113 cm³/mol.